The standard InChI is InChI=1S/C34H63N5O4/c1-4-7-8-9-10-11-12-13-14-15-16-17-18-19-20-21-28-39(29-22-33(42)37-26-24-35-31(40)5-2)30-23-34(43)38-27-25-36-32(41)6-3/h5-6H,2-4,7-30H2,1H3,(H,35,40)(H,36,41)(H,37,42)(H,38,43). The molecule has 0 heterocycles. The highest BCUT2D eigenvalue weighted by Crippen LogP contribution is 2.14. The smallest absolute Gasteiger partial charge is 0.243 e. The molecule has 0 aliphatic heterocycles. The lowest BCUT2D eigenvalue weighted by Crippen LogP contribution is -2.38. The maximum Gasteiger partial charge on any atom is 0.243 e. The molecule has 4 amide bonds. The Kier molecular flexibility index (Phi) is 28.8. The van der Waals surface area contributed by atoms with Gasteiger partial charge in [-0.15, -0.1) is 0 Å². The first-order chi connectivity index (χ1) is 20.9. The fraction of sp³-hybridized carbons (Fsp3) is 0.765. The van der Waals surface area contributed by atoms with Gasteiger partial charge in [0.2, 0.25) is 23.6 Å². The third-order valence-electron chi connectivity index (χ3n) is 7.50. The van der Waals surface area contributed by atoms with Gasteiger partial charge < -0.3 is 26.2 Å². The molecule has 0 aromatic carbocycles. The van der Waals surface area contributed by atoms with Gasteiger partial charge >= 0.3 is 0 Å². The van der Waals surface area contributed by atoms with Crippen LogP contribution >= 0.6 is 0 Å². The van der Waals surface area contributed by atoms with E-state index in [0.717, 1.165) is 19.4 Å². The van der Waals surface area contributed by atoms with Gasteiger partial charge in [-0.05, 0) is 25.1 Å². The molecule has 248 valence electrons. The number of hydrogen-bond donors (Lipinski definition) is 4. The van der Waals surface area contributed by atoms with Crippen LogP contribution in [0.15, 0.2) is 25.3 Å². The highest BCUT2D eigenvalue weighted by molar-refractivity contribution is 5.87. The van der Waals surface area contributed by atoms with Crippen molar-refractivity contribution in [3.05, 3.63) is 25.3 Å². The summed E-state index contributed by atoms with van der Waals surface area (Å²) in [5.74, 6) is -0.680. The molecule has 0 aromatic heterocycles. The van der Waals surface area contributed by atoms with E-state index >= 15 is 0 Å². The summed E-state index contributed by atoms with van der Waals surface area (Å²) in [6.45, 7) is 12.5. The summed E-state index contributed by atoms with van der Waals surface area (Å²) in [5, 5.41) is 10.9. The predicted octanol–water partition coefficient (Wildman–Crippen LogP) is 5.17. The molecule has 0 radical (unpaired) electrons. The molecule has 0 rings (SSSR count). The van der Waals surface area contributed by atoms with E-state index in [1.807, 2.05) is 0 Å². The zero-order chi connectivity index (χ0) is 31.8. The van der Waals surface area contributed by atoms with E-state index in [2.05, 4.69) is 46.2 Å². The number of carbonyl (C=O) groups is 4. The minimum absolute atomic E-state index is 0.0766. The molecule has 0 saturated carbocycles. The molecular weight excluding hydrogens is 542 g/mol. The van der Waals surface area contributed by atoms with Crippen LogP contribution in [0.2, 0.25) is 0 Å². The van der Waals surface area contributed by atoms with Crippen LogP contribution in [0.3, 0.4) is 0 Å². The molecule has 0 atom stereocenters. The summed E-state index contributed by atoms with van der Waals surface area (Å²) in [6, 6.07) is 0. The Balaban J connectivity index is 4.14. The van der Waals surface area contributed by atoms with Crippen LogP contribution in [0, 0.1) is 0 Å². The van der Waals surface area contributed by atoms with Gasteiger partial charge in [0, 0.05) is 52.1 Å². The second-order valence-electron chi connectivity index (χ2n) is 11.3. The third kappa shape index (κ3) is 29.2. The SMILES string of the molecule is C=CC(=O)NCCNC(=O)CCN(CCCCCCCCCCCCCCCCCC)CCC(=O)NCCNC(=O)C=C. The first-order valence-electron chi connectivity index (χ1n) is 17.0. The number of amides is 4. The van der Waals surface area contributed by atoms with Crippen molar-refractivity contribution < 1.29 is 19.2 Å². The average molecular weight is 606 g/mol. The monoisotopic (exact) mass is 605 g/mol. The van der Waals surface area contributed by atoms with Crippen molar-refractivity contribution in [2.45, 2.75) is 122 Å². The maximum atomic E-state index is 12.3. The van der Waals surface area contributed by atoms with Gasteiger partial charge in [-0.2, -0.15) is 0 Å². The van der Waals surface area contributed by atoms with Gasteiger partial charge in [-0.1, -0.05) is 116 Å². The Morgan fingerprint density at radius 2 is 0.814 bits per heavy atom. The molecule has 0 aliphatic carbocycles. The molecule has 0 unspecified atom stereocenters. The predicted molar refractivity (Wildman–Crippen MR) is 178 cm³/mol. The number of rotatable bonds is 31. The Labute approximate surface area is 262 Å². The summed E-state index contributed by atoms with van der Waals surface area (Å²) in [6.07, 6.45) is 24.3. The van der Waals surface area contributed by atoms with E-state index in [9.17, 15) is 19.2 Å². The summed E-state index contributed by atoms with van der Waals surface area (Å²) < 4.78 is 0. The largest absolute Gasteiger partial charge is 0.354 e. The molecule has 9 nitrogen and oxygen atoms in total. The molecular formula is C34H63N5O4. The lowest BCUT2D eigenvalue weighted by atomic mass is 10.0. The van der Waals surface area contributed by atoms with E-state index < -0.39 is 0 Å². The van der Waals surface area contributed by atoms with Crippen molar-refractivity contribution in [2.75, 3.05) is 45.8 Å². The average Bonchev–Trinajstić information content (AvgIpc) is 3.01. The normalized spacial score (nSPS) is 10.7. The van der Waals surface area contributed by atoms with Crippen LogP contribution in [-0.4, -0.2) is 74.3 Å². The Morgan fingerprint density at radius 3 is 1.16 bits per heavy atom. The minimum atomic E-state index is -0.263. The van der Waals surface area contributed by atoms with Crippen molar-refractivity contribution in [3.8, 4) is 0 Å². The van der Waals surface area contributed by atoms with E-state index in [0.29, 0.717) is 52.1 Å². The van der Waals surface area contributed by atoms with Crippen LogP contribution in [0.25, 0.3) is 0 Å². The summed E-state index contributed by atoms with van der Waals surface area (Å²) in [4.78, 5) is 49.2. The van der Waals surface area contributed by atoms with Gasteiger partial charge in [0.05, 0.1) is 0 Å². The van der Waals surface area contributed by atoms with Crippen LogP contribution in [0.5, 0.6) is 0 Å². The van der Waals surface area contributed by atoms with Crippen LogP contribution in [-0.2, 0) is 19.2 Å². The number of unbranched alkanes of at least 4 members (excludes halogenated alkanes) is 15. The quantitative estimate of drug-likeness (QED) is 0.0642. The minimum Gasteiger partial charge on any atom is -0.354 e. The fourth-order valence-corrected chi connectivity index (χ4v) is 4.83. The number of hydrogen-bond acceptors (Lipinski definition) is 5. The van der Waals surface area contributed by atoms with Gasteiger partial charge in [0.1, 0.15) is 0 Å². The Hall–Kier alpha value is -2.68. The molecule has 9 heteroatoms. The third-order valence-corrected chi connectivity index (χ3v) is 7.50. The molecule has 4 N–H and O–H groups in total. The molecule has 0 saturated heterocycles. The lowest BCUT2D eigenvalue weighted by Gasteiger charge is -2.22. The lowest BCUT2D eigenvalue weighted by molar-refractivity contribution is -0.122. The molecule has 0 fully saturated rings. The molecule has 0 bridgehead atoms. The van der Waals surface area contributed by atoms with Crippen LogP contribution in [0.1, 0.15) is 122 Å². The van der Waals surface area contributed by atoms with E-state index in [1.54, 1.807) is 0 Å². The first kappa shape index (κ1) is 40.3. The van der Waals surface area contributed by atoms with E-state index in [1.165, 1.54) is 102 Å². The summed E-state index contributed by atoms with van der Waals surface area (Å²) in [7, 11) is 0. The molecule has 43 heavy (non-hydrogen) atoms. The van der Waals surface area contributed by atoms with Crippen molar-refractivity contribution in [1.29, 1.82) is 0 Å². The second kappa shape index (κ2) is 30.8. The van der Waals surface area contributed by atoms with Gasteiger partial charge in [0.15, 0.2) is 0 Å². The van der Waals surface area contributed by atoms with Crippen LogP contribution < -0.4 is 21.3 Å². The Bertz CT molecular complexity index is 715. The van der Waals surface area contributed by atoms with Gasteiger partial charge in [-0.3, -0.25) is 19.2 Å². The second-order valence-corrected chi connectivity index (χ2v) is 11.3. The number of carbonyl (C=O) groups excluding carboxylic acids is 4. The highest BCUT2D eigenvalue weighted by Gasteiger charge is 2.11. The molecule has 0 aliphatic rings. The zero-order valence-corrected chi connectivity index (χ0v) is 27.3. The molecule has 0 spiro atoms. The van der Waals surface area contributed by atoms with E-state index in [4.69, 9.17) is 0 Å². The fourth-order valence-electron chi connectivity index (χ4n) is 4.83. The number of nitrogens with zero attached hydrogens (tertiary/aromatic N) is 1. The van der Waals surface area contributed by atoms with Crippen molar-refractivity contribution in [2.24, 2.45) is 0 Å². The number of nitrogens with one attached hydrogen (secondary N) is 4. The van der Waals surface area contributed by atoms with Gasteiger partial charge in [0.25, 0.3) is 0 Å². The Morgan fingerprint density at radius 1 is 0.488 bits per heavy atom. The first-order valence-corrected chi connectivity index (χ1v) is 17.0. The summed E-state index contributed by atoms with van der Waals surface area (Å²) >= 11 is 0. The maximum absolute atomic E-state index is 12.3. The summed E-state index contributed by atoms with van der Waals surface area (Å²) in [5.41, 5.74) is 0. The highest BCUT2D eigenvalue weighted by atomic mass is 16.2. The van der Waals surface area contributed by atoms with Crippen LogP contribution in [0.4, 0.5) is 0 Å². The van der Waals surface area contributed by atoms with Gasteiger partial charge in [-0.25, -0.2) is 0 Å². The molecule has 0 aromatic rings. The zero-order valence-electron chi connectivity index (χ0n) is 27.3. The van der Waals surface area contributed by atoms with Crippen molar-refractivity contribution in [3.63, 3.8) is 0 Å². The van der Waals surface area contributed by atoms with E-state index in [-0.39, 0.29) is 23.6 Å². The van der Waals surface area contributed by atoms with Crippen molar-refractivity contribution in [1.82, 2.24) is 26.2 Å². The van der Waals surface area contributed by atoms with Crippen molar-refractivity contribution >= 4 is 23.6 Å². The topological polar surface area (TPSA) is 120 Å².